The van der Waals surface area contributed by atoms with Crippen molar-refractivity contribution in [1.82, 2.24) is 0 Å². The first-order valence-electron chi connectivity index (χ1n) is 6.43. The predicted molar refractivity (Wildman–Crippen MR) is 88.1 cm³/mol. The average Bonchev–Trinajstić information content (AvgIpc) is 2.48. The second kappa shape index (κ2) is 6.44. The molecule has 0 saturated heterocycles. The van der Waals surface area contributed by atoms with Crippen LogP contribution in [0.5, 0.6) is 0 Å². The van der Waals surface area contributed by atoms with E-state index in [2.05, 4.69) is 10.4 Å². The molecule has 0 radical (unpaired) electrons. The fourth-order valence-corrected chi connectivity index (χ4v) is 2.19. The van der Waals surface area contributed by atoms with Crippen LogP contribution in [0.25, 0.3) is 0 Å². The molecular weight excluding hydrogens is 270 g/mol. The molecule has 0 fully saturated rings. The fraction of sp³-hybridized carbons (Fsp3) is 0.188. The van der Waals surface area contributed by atoms with Gasteiger partial charge in [-0.1, -0.05) is 29.8 Å². The van der Waals surface area contributed by atoms with Gasteiger partial charge in [-0.15, -0.1) is 0 Å². The third-order valence-electron chi connectivity index (χ3n) is 3.07. The highest BCUT2D eigenvalue weighted by Gasteiger charge is 2.07. The third-order valence-corrected chi connectivity index (χ3v) is 3.40. The van der Waals surface area contributed by atoms with E-state index in [-0.39, 0.29) is 0 Å². The Labute approximate surface area is 124 Å². The van der Waals surface area contributed by atoms with Crippen LogP contribution in [-0.4, -0.2) is 19.8 Å². The molecule has 2 rings (SSSR count). The number of nitrogens with one attached hydrogen (secondary N) is 1. The minimum Gasteiger partial charge on any atom is -0.388 e. The Balaban J connectivity index is 2.31. The number of para-hydroxylation sites is 1. The summed E-state index contributed by atoms with van der Waals surface area (Å²) in [6, 6.07) is 15.8. The quantitative estimate of drug-likeness (QED) is 0.673. The lowest BCUT2D eigenvalue weighted by Gasteiger charge is -2.15. The summed E-state index contributed by atoms with van der Waals surface area (Å²) in [6.45, 7) is 1.96. The molecule has 2 aromatic rings. The van der Waals surface area contributed by atoms with Gasteiger partial charge in [-0.25, -0.2) is 0 Å². The number of nitrogens with zero attached hydrogens (tertiary/aromatic N) is 2. The highest BCUT2D eigenvalue weighted by molar-refractivity contribution is 6.34. The Kier molecular flexibility index (Phi) is 4.64. The maximum Gasteiger partial charge on any atom is 0.0666 e. The molecule has 104 valence electrons. The standard InChI is InChI=1S/C16H18ClN3/c1-12(15-11-13(18-2)9-10-16(15)17)19-20(3)14-7-5-4-6-8-14/h4-11,18H,1-3H3/b19-12+. The van der Waals surface area contributed by atoms with Crippen LogP contribution in [0.1, 0.15) is 12.5 Å². The van der Waals surface area contributed by atoms with Gasteiger partial charge in [0.25, 0.3) is 0 Å². The van der Waals surface area contributed by atoms with Gasteiger partial charge in [0.2, 0.25) is 0 Å². The van der Waals surface area contributed by atoms with Crippen LogP contribution in [0.15, 0.2) is 53.6 Å². The van der Waals surface area contributed by atoms with Gasteiger partial charge in [0.15, 0.2) is 0 Å². The molecule has 0 bridgehead atoms. The van der Waals surface area contributed by atoms with Crippen LogP contribution in [0.4, 0.5) is 11.4 Å². The molecule has 0 aromatic heterocycles. The Bertz CT molecular complexity index is 608. The second-order valence-corrected chi connectivity index (χ2v) is 4.90. The first-order valence-corrected chi connectivity index (χ1v) is 6.81. The lowest BCUT2D eigenvalue weighted by atomic mass is 10.1. The molecule has 0 aliphatic heterocycles. The molecule has 2 aromatic carbocycles. The summed E-state index contributed by atoms with van der Waals surface area (Å²) in [6.07, 6.45) is 0. The maximum absolute atomic E-state index is 6.25. The van der Waals surface area contributed by atoms with E-state index in [1.165, 1.54) is 0 Å². The molecule has 0 amide bonds. The Morgan fingerprint density at radius 3 is 2.50 bits per heavy atom. The van der Waals surface area contributed by atoms with Crippen molar-refractivity contribution in [3.05, 3.63) is 59.1 Å². The molecule has 4 heteroatoms. The number of hydrazone groups is 1. The third kappa shape index (κ3) is 3.31. The first-order chi connectivity index (χ1) is 9.61. The van der Waals surface area contributed by atoms with Crippen LogP contribution < -0.4 is 10.3 Å². The van der Waals surface area contributed by atoms with Crippen LogP contribution >= 0.6 is 11.6 Å². The average molecular weight is 288 g/mol. The van der Waals surface area contributed by atoms with Crippen LogP contribution in [-0.2, 0) is 0 Å². The van der Waals surface area contributed by atoms with Crippen molar-refractivity contribution in [3.63, 3.8) is 0 Å². The van der Waals surface area contributed by atoms with Gasteiger partial charge >= 0.3 is 0 Å². The van der Waals surface area contributed by atoms with Gasteiger partial charge in [-0.3, -0.25) is 5.01 Å². The molecular formula is C16H18ClN3. The molecule has 0 spiro atoms. The summed E-state index contributed by atoms with van der Waals surface area (Å²) in [4.78, 5) is 0. The van der Waals surface area contributed by atoms with Crippen molar-refractivity contribution in [2.45, 2.75) is 6.92 Å². The number of anilines is 2. The monoisotopic (exact) mass is 287 g/mol. The Morgan fingerprint density at radius 1 is 1.15 bits per heavy atom. The number of hydrogen-bond acceptors (Lipinski definition) is 3. The summed E-state index contributed by atoms with van der Waals surface area (Å²) in [5, 5.41) is 10.2. The van der Waals surface area contributed by atoms with Crippen LogP contribution in [0, 0.1) is 0 Å². The van der Waals surface area contributed by atoms with Crippen molar-refractivity contribution in [2.75, 3.05) is 24.4 Å². The minimum absolute atomic E-state index is 0.701. The number of benzene rings is 2. The zero-order valence-corrected chi connectivity index (χ0v) is 12.6. The van der Waals surface area contributed by atoms with E-state index >= 15 is 0 Å². The summed E-state index contributed by atoms with van der Waals surface area (Å²) in [7, 11) is 3.81. The van der Waals surface area contributed by atoms with Gasteiger partial charge < -0.3 is 5.32 Å². The van der Waals surface area contributed by atoms with Crippen LogP contribution in [0.2, 0.25) is 5.02 Å². The zero-order valence-electron chi connectivity index (χ0n) is 11.9. The van der Waals surface area contributed by atoms with Gasteiger partial charge in [-0.2, -0.15) is 5.10 Å². The largest absolute Gasteiger partial charge is 0.388 e. The van der Waals surface area contributed by atoms with Gasteiger partial charge in [0.05, 0.1) is 11.4 Å². The smallest absolute Gasteiger partial charge is 0.0666 e. The molecule has 0 atom stereocenters. The first kappa shape index (κ1) is 14.4. The Morgan fingerprint density at radius 2 is 1.85 bits per heavy atom. The van der Waals surface area contributed by atoms with E-state index in [0.29, 0.717) is 5.02 Å². The second-order valence-electron chi connectivity index (χ2n) is 4.49. The summed E-state index contributed by atoms with van der Waals surface area (Å²) >= 11 is 6.25. The lowest BCUT2D eigenvalue weighted by Crippen LogP contribution is -2.12. The molecule has 0 unspecified atom stereocenters. The zero-order chi connectivity index (χ0) is 14.5. The van der Waals surface area contributed by atoms with E-state index in [4.69, 9.17) is 11.6 Å². The topological polar surface area (TPSA) is 27.6 Å². The normalized spacial score (nSPS) is 11.3. The van der Waals surface area contributed by atoms with Gasteiger partial charge in [0.1, 0.15) is 0 Å². The van der Waals surface area contributed by atoms with E-state index in [9.17, 15) is 0 Å². The summed E-state index contributed by atoms with van der Waals surface area (Å²) < 4.78 is 0. The summed E-state index contributed by atoms with van der Waals surface area (Å²) in [5.74, 6) is 0. The van der Waals surface area contributed by atoms with Crippen molar-refractivity contribution in [2.24, 2.45) is 5.10 Å². The van der Waals surface area contributed by atoms with E-state index in [0.717, 1.165) is 22.6 Å². The van der Waals surface area contributed by atoms with Crippen molar-refractivity contribution < 1.29 is 0 Å². The molecule has 0 aliphatic rings. The van der Waals surface area contributed by atoms with Gasteiger partial charge in [0, 0.05) is 30.4 Å². The SMILES string of the molecule is CNc1ccc(Cl)c(/C(C)=N/N(C)c2ccccc2)c1. The van der Waals surface area contributed by atoms with Crippen molar-refractivity contribution in [1.29, 1.82) is 0 Å². The molecule has 1 N–H and O–H groups in total. The summed E-state index contributed by atoms with van der Waals surface area (Å²) in [5.41, 5.74) is 3.86. The minimum atomic E-state index is 0.701. The maximum atomic E-state index is 6.25. The lowest BCUT2D eigenvalue weighted by molar-refractivity contribution is 1.01. The molecule has 0 heterocycles. The van der Waals surface area contributed by atoms with Crippen LogP contribution in [0.3, 0.4) is 0 Å². The predicted octanol–water partition coefficient (Wildman–Crippen LogP) is 4.24. The Hall–Kier alpha value is -2.00. The van der Waals surface area contributed by atoms with Crippen molar-refractivity contribution >= 4 is 28.7 Å². The number of halogens is 1. The van der Waals surface area contributed by atoms with Gasteiger partial charge in [-0.05, 0) is 37.3 Å². The highest BCUT2D eigenvalue weighted by Crippen LogP contribution is 2.22. The number of hydrogen-bond donors (Lipinski definition) is 1. The molecule has 20 heavy (non-hydrogen) atoms. The van der Waals surface area contributed by atoms with E-state index in [1.807, 2.05) is 74.6 Å². The fourth-order valence-electron chi connectivity index (χ4n) is 1.94. The number of rotatable bonds is 4. The highest BCUT2D eigenvalue weighted by atomic mass is 35.5. The molecule has 3 nitrogen and oxygen atoms in total. The molecule has 0 saturated carbocycles. The van der Waals surface area contributed by atoms with E-state index < -0.39 is 0 Å². The molecule has 0 aliphatic carbocycles. The van der Waals surface area contributed by atoms with E-state index in [1.54, 1.807) is 0 Å². The van der Waals surface area contributed by atoms with Crippen molar-refractivity contribution in [3.8, 4) is 0 Å².